The number of carbonyl (C=O) groups excluding carboxylic acids is 1. The van der Waals surface area contributed by atoms with Gasteiger partial charge >= 0.3 is 0 Å². The molecule has 0 fully saturated rings. The third-order valence-electron chi connectivity index (χ3n) is 4.96. The van der Waals surface area contributed by atoms with Crippen molar-refractivity contribution in [2.45, 2.75) is 32.4 Å². The normalized spacial score (nSPS) is 15.3. The molecular weight excluding hydrogens is 312 g/mol. The minimum Gasteiger partial charge on any atom is -0.497 e. The van der Waals surface area contributed by atoms with E-state index < -0.39 is 0 Å². The van der Waals surface area contributed by atoms with Gasteiger partial charge in [0, 0.05) is 19.6 Å². The molecule has 1 aliphatic rings. The Kier molecular flexibility index (Phi) is 5.71. The van der Waals surface area contributed by atoms with E-state index in [4.69, 9.17) is 4.74 Å². The molecule has 0 saturated heterocycles. The predicted molar refractivity (Wildman–Crippen MR) is 99.7 cm³/mol. The van der Waals surface area contributed by atoms with E-state index in [1.54, 1.807) is 7.11 Å². The second-order valence-electron chi connectivity index (χ2n) is 6.55. The minimum atomic E-state index is -0.107. The fraction of sp³-hybridized carbons (Fsp3) is 0.381. The molecule has 4 heteroatoms. The first-order chi connectivity index (χ1) is 12.2. The first kappa shape index (κ1) is 17.5. The van der Waals surface area contributed by atoms with E-state index in [1.165, 1.54) is 16.7 Å². The summed E-state index contributed by atoms with van der Waals surface area (Å²) in [5.74, 6) is 0.958. The van der Waals surface area contributed by atoms with Crippen molar-refractivity contribution in [1.29, 1.82) is 0 Å². The van der Waals surface area contributed by atoms with Gasteiger partial charge in [0.1, 0.15) is 5.75 Å². The molecule has 0 aromatic heterocycles. The maximum Gasteiger partial charge on any atom is 0.237 e. The molecule has 3 rings (SSSR count). The number of rotatable bonds is 6. The van der Waals surface area contributed by atoms with Crippen LogP contribution in [0.1, 0.15) is 23.6 Å². The molecule has 0 radical (unpaired) electrons. The first-order valence-corrected chi connectivity index (χ1v) is 8.89. The van der Waals surface area contributed by atoms with Gasteiger partial charge in [-0.15, -0.1) is 0 Å². The lowest BCUT2D eigenvalue weighted by atomic mass is 9.99. The Hall–Kier alpha value is -2.33. The van der Waals surface area contributed by atoms with Crippen molar-refractivity contribution in [2.75, 3.05) is 20.2 Å². The molecule has 1 amide bonds. The maximum absolute atomic E-state index is 12.5. The predicted octanol–water partition coefficient (Wildman–Crippen LogP) is 2.80. The number of benzene rings is 2. The minimum absolute atomic E-state index is 0.105. The van der Waals surface area contributed by atoms with Crippen LogP contribution in [0.5, 0.6) is 5.75 Å². The summed E-state index contributed by atoms with van der Waals surface area (Å²) in [5, 5.41) is 3.07. The van der Waals surface area contributed by atoms with Crippen molar-refractivity contribution >= 4 is 5.91 Å². The van der Waals surface area contributed by atoms with Crippen LogP contribution in [0.3, 0.4) is 0 Å². The molecule has 0 spiro atoms. The third kappa shape index (κ3) is 4.40. The van der Waals surface area contributed by atoms with Crippen molar-refractivity contribution in [3.05, 3.63) is 65.2 Å². The van der Waals surface area contributed by atoms with Gasteiger partial charge in [-0.2, -0.15) is 0 Å². The zero-order valence-corrected chi connectivity index (χ0v) is 15.0. The van der Waals surface area contributed by atoms with Crippen molar-refractivity contribution in [3.63, 3.8) is 0 Å². The quantitative estimate of drug-likeness (QED) is 0.881. The first-order valence-electron chi connectivity index (χ1n) is 8.89. The van der Waals surface area contributed by atoms with Gasteiger partial charge in [-0.3, -0.25) is 9.69 Å². The Balaban J connectivity index is 1.48. The summed E-state index contributed by atoms with van der Waals surface area (Å²) < 4.78 is 5.16. The van der Waals surface area contributed by atoms with Crippen LogP contribution in [-0.2, 0) is 24.2 Å². The second-order valence-corrected chi connectivity index (χ2v) is 6.55. The monoisotopic (exact) mass is 338 g/mol. The Morgan fingerprint density at radius 1 is 1.16 bits per heavy atom. The SMILES string of the molecule is COc1ccc(CCNC(=O)[C@H](C)N2CCc3ccccc3C2)cc1. The van der Waals surface area contributed by atoms with Crippen molar-refractivity contribution in [2.24, 2.45) is 0 Å². The van der Waals surface area contributed by atoms with Crippen molar-refractivity contribution in [1.82, 2.24) is 10.2 Å². The van der Waals surface area contributed by atoms with Crippen LogP contribution < -0.4 is 10.1 Å². The summed E-state index contributed by atoms with van der Waals surface area (Å²) in [4.78, 5) is 14.7. The average molecular weight is 338 g/mol. The van der Waals surface area contributed by atoms with Gasteiger partial charge in [0.05, 0.1) is 13.2 Å². The van der Waals surface area contributed by atoms with E-state index in [1.807, 2.05) is 31.2 Å². The summed E-state index contributed by atoms with van der Waals surface area (Å²) in [5.41, 5.74) is 3.94. The van der Waals surface area contributed by atoms with Gasteiger partial charge in [-0.25, -0.2) is 0 Å². The van der Waals surface area contributed by atoms with E-state index in [0.717, 1.165) is 31.7 Å². The number of carbonyl (C=O) groups is 1. The molecular formula is C21H26N2O2. The summed E-state index contributed by atoms with van der Waals surface area (Å²) in [7, 11) is 1.66. The van der Waals surface area contributed by atoms with E-state index in [2.05, 4.69) is 34.5 Å². The number of nitrogens with zero attached hydrogens (tertiary/aromatic N) is 1. The van der Waals surface area contributed by atoms with Gasteiger partial charge in [-0.1, -0.05) is 36.4 Å². The molecule has 2 aromatic carbocycles. The van der Waals surface area contributed by atoms with Crippen LogP contribution >= 0.6 is 0 Å². The molecule has 1 atom stereocenters. The molecule has 25 heavy (non-hydrogen) atoms. The Bertz CT molecular complexity index is 712. The largest absolute Gasteiger partial charge is 0.497 e. The zero-order valence-electron chi connectivity index (χ0n) is 15.0. The molecule has 1 aliphatic heterocycles. The van der Waals surface area contributed by atoms with Crippen LogP contribution in [0.25, 0.3) is 0 Å². The molecule has 1 N–H and O–H groups in total. The summed E-state index contributed by atoms with van der Waals surface area (Å²) in [6.07, 6.45) is 1.84. The lowest BCUT2D eigenvalue weighted by Crippen LogP contribution is -2.47. The molecule has 4 nitrogen and oxygen atoms in total. The second kappa shape index (κ2) is 8.17. The van der Waals surface area contributed by atoms with E-state index in [9.17, 15) is 4.79 Å². The van der Waals surface area contributed by atoms with E-state index in [-0.39, 0.29) is 11.9 Å². The summed E-state index contributed by atoms with van der Waals surface area (Å²) in [6.45, 7) is 4.43. The van der Waals surface area contributed by atoms with Gasteiger partial charge in [0.2, 0.25) is 5.91 Å². The Labute approximate surface area is 149 Å². The number of hydrogen-bond acceptors (Lipinski definition) is 3. The maximum atomic E-state index is 12.5. The van der Waals surface area contributed by atoms with Gasteiger partial charge in [-0.05, 0) is 48.6 Å². The fourth-order valence-electron chi connectivity index (χ4n) is 3.28. The highest BCUT2D eigenvalue weighted by Gasteiger charge is 2.24. The Morgan fingerprint density at radius 2 is 1.88 bits per heavy atom. The number of hydrogen-bond donors (Lipinski definition) is 1. The zero-order chi connectivity index (χ0) is 17.6. The van der Waals surface area contributed by atoms with E-state index >= 15 is 0 Å². The van der Waals surface area contributed by atoms with Gasteiger partial charge < -0.3 is 10.1 Å². The van der Waals surface area contributed by atoms with Gasteiger partial charge in [0.15, 0.2) is 0 Å². The van der Waals surface area contributed by atoms with Gasteiger partial charge in [0.25, 0.3) is 0 Å². The molecule has 1 heterocycles. The average Bonchev–Trinajstić information content (AvgIpc) is 2.67. The fourth-order valence-corrected chi connectivity index (χ4v) is 3.28. The number of ether oxygens (including phenoxy) is 1. The van der Waals surface area contributed by atoms with Crippen LogP contribution in [0.4, 0.5) is 0 Å². The summed E-state index contributed by atoms with van der Waals surface area (Å²) >= 11 is 0. The van der Waals surface area contributed by atoms with Crippen LogP contribution in [0.2, 0.25) is 0 Å². The molecule has 0 unspecified atom stereocenters. The molecule has 2 aromatic rings. The van der Waals surface area contributed by atoms with E-state index in [0.29, 0.717) is 6.54 Å². The molecule has 0 aliphatic carbocycles. The number of amides is 1. The highest BCUT2D eigenvalue weighted by atomic mass is 16.5. The molecule has 0 saturated carbocycles. The third-order valence-corrected chi connectivity index (χ3v) is 4.96. The lowest BCUT2D eigenvalue weighted by Gasteiger charge is -2.32. The van der Waals surface area contributed by atoms with Crippen molar-refractivity contribution < 1.29 is 9.53 Å². The summed E-state index contributed by atoms with van der Waals surface area (Å²) in [6, 6.07) is 16.4. The highest BCUT2D eigenvalue weighted by molar-refractivity contribution is 5.81. The topological polar surface area (TPSA) is 41.6 Å². The lowest BCUT2D eigenvalue weighted by molar-refractivity contribution is -0.126. The molecule has 0 bridgehead atoms. The highest BCUT2D eigenvalue weighted by Crippen LogP contribution is 2.20. The smallest absolute Gasteiger partial charge is 0.237 e. The van der Waals surface area contributed by atoms with Crippen LogP contribution in [0, 0.1) is 0 Å². The number of fused-ring (bicyclic) bond motifs is 1. The van der Waals surface area contributed by atoms with Crippen molar-refractivity contribution in [3.8, 4) is 5.75 Å². The van der Waals surface area contributed by atoms with Crippen LogP contribution in [0.15, 0.2) is 48.5 Å². The number of methoxy groups -OCH3 is 1. The standard InChI is InChI=1S/C21H26N2O2/c1-16(23-14-12-18-5-3-4-6-19(18)15-23)21(24)22-13-11-17-7-9-20(25-2)10-8-17/h3-10,16H,11-15H2,1-2H3,(H,22,24)/t16-/m0/s1. The van der Waals surface area contributed by atoms with Crippen LogP contribution in [-0.4, -0.2) is 37.0 Å². The number of nitrogens with one attached hydrogen (secondary N) is 1. The Morgan fingerprint density at radius 3 is 2.60 bits per heavy atom. The molecule has 132 valence electrons.